The molecule has 0 saturated carbocycles. The molecule has 3 rings (SSSR count). The van der Waals surface area contributed by atoms with Crippen LogP contribution in [0.4, 0.5) is 11.4 Å². The van der Waals surface area contributed by atoms with Crippen LogP contribution in [0.1, 0.15) is 30.9 Å². The van der Waals surface area contributed by atoms with Gasteiger partial charge in [-0.15, -0.1) is 0 Å². The van der Waals surface area contributed by atoms with Crippen molar-refractivity contribution in [2.45, 2.75) is 33.1 Å². The molecule has 138 valence electrons. The van der Waals surface area contributed by atoms with Crippen molar-refractivity contribution >= 4 is 17.3 Å². The number of hydrogen-bond donors (Lipinski definition) is 1. The second kappa shape index (κ2) is 8.26. The Morgan fingerprint density at radius 2 is 1.85 bits per heavy atom. The number of aryl methyl sites for hydroxylation is 1. The highest BCUT2D eigenvalue weighted by molar-refractivity contribution is 5.92. The molecule has 4 heteroatoms. The third-order valence-electron chi connectivity index (χ3n) is 5.09. The molecule has 2 aromatic rings. The smallest absolute Gasteiger partial charge is 0.228 e. The van der Waals surface area contributed by atoms with E-state index in [1.165, 1.54) is 18.5 Å². The van der Waals surface area contributed by atoms with Gasteiger partial charge >= 0.3 is 0 Å². The van der Waals surface area contributed by atoms with Gasteiger partial charge in [-0.25, -0.2) is 0 Å². The van der Waals surface area contributed by atoms with Gasteiger partial charge in [0.05, 0.1) is 13.5 Å². The summed E-state index contributed by atoms with van der Waals surface area (Å²) in [6.07, 6.45) is 2.80. The molecule has 1 aliphatic rings. The van der Waals surface area contributed by atoms with Gasteiger partial charge in [0, 0.05) is 30.0 Å². The molecule has 1 heterocycles. The zero-order chi connectivity index (χ0) is 18.5. The Morgan fingerprint density at radius 1 is 1.15 bits per heavy atom. The van der Waals surface area contributed by atoms with Crippen molar-refractivity contribution in [2.75, 3.05) is 30.4 Å². The molecule has 0 radical (unpaired) electrons. The van der Waals surface area contributed by atoms with E-state index in [-0.39, 0.29) is 5.91 Å². The maximum atomic E-state index is 12.4. The second-order valence-electron chi connectivity index (χ2n) is 7.26. The lowest BCUT2D eigenvalue weighted by molar-refractivity contribution is -0.115. The van der Waals surface area contributed by atoms with Gasteiger partial charge in [0.1, 0.15) is 5.75 Å². The van der Waals surface area contributed by atoms with Crippen LogP contribution >= 0.6 is 0 Å². The number of amides is 1. The number of rotatable bonds is 5. The predicted octanol–water partition coefficient (Wildman–Crippen LogP) is 4.42. The van der Waals surface area contributed by atoms with E-state index in [9.17, 15) is 4.79 Å². The van der Waals surface area contributed by atoms with Crippen molar-refractivity contribution in [3.63, 3.8) is 0 Å². The number of hydrogen-bond acceptors (Lipinski definition) is 3. The standard InChI is InChI=1S/C22H28N2O2/c1-16-10-12-24(13-11-16)20-7-5-19(6-8-20)23-22(25)15-18-14-17(2)4-9-21(18)26-3/h4-9,14,16H,10-13,15H2,1-3H3,(H,23,25). The lowest BCUT2D eigenvalue weighted by Gasteiger charge is -2.32. The molecule has 0 bridgehead atoms. The molecule has 26 heavy (non-hydrogen) atoms. The summed E-state index contributed by atoms with van der Waals surface area (Å²) in [4.78, 5) is 14.8. The van der Waals surface area contributed by atoms with Crippen LogP contribution in [0.5, 0.6) is 5.75 Å². The van der Waals surface area contributed by atoms with Crippen LogP contribution < -0.4 is 15.0 Å². The van der Waals surface area contributed by atoms with Gasteiger partial charge in [-0.1, -0.05) is 24.6 Å². The van der Waals surface area contributed by atoms with E-state index in [1.54, 1.807) is 7.11 Å². The number of carbonyl (C=O) groups excluding carboxylic acids is 1. The molecule has 0 aliphatic carbocycles. The third kappa shape index (κ3) is 4.57. The zero-order valence-corrected chi connectivity index (χ0v) is 15.9. The fourth-order valence-electron chi connectivity index (χ4n) is 3.45. The van der Waals surface area contributed by atoms with Crippen molar-refractivity contribution in [3.05, 3.63) is 53.6 Å². The molecule has 2 aromatic carbocycles. The zero-order valence-electron chi connectivity index (χ0n) is 15.9. The summed E-state index contributed by atoms with van der Waals surface area (Å²) < 4.78 is 5.36. The Kier molecular flexibility index (Phi) is 5.82. The number of ether oxygens (including phenoxy) is 1. The molecule has 0 unspecified atom stereocenters. The van der Waals surface area contributed by atoms with Gasteiger partial charge in [0.25, 0.3) is 0 Å². The lowest BCUT2D eigenvalue weighted by Crippen LogP contribution is -2.32. The first-order chi connectivity index (χ1) is 12.5. The summed E-state index contributed by atoms with van der Waals surface area (Å²) in [7, 11) is 1.63. The van der Waals surface area contributed by atoms with Gasteiger partial charge < -0.3 is 15.0 Å². The van der Waals surface area contributed by atoms with Gasteiger partial charge in [0.15, 0.2) is 0 Å². The maximum absolute atomic E-state index is 12.4. The first kappa shape index (κ1) is 18.3. The normalized spacial score (nSPS) is 15.0. The summed E-state index contributed by atoms with van der Waals surface area (Å²) in [6, 6.07) is 14.1. The number of benzene rings is 2. The van der Waals surface area contributed by atoms with Crippen LogP contribution in [0.25, 0.3) is 0 Å². The number of anilines is 2. The number of nitrogens with zero attached hydrogens (tertiary/aromatic N) is 1. The highest BCUT2D eigenvalue weighted by Crippen LogP contribution is 2.25. The largest absolute Gasteiger partial charge is 0.496 e. The minimum Gasteiger partial charge on any atom is -0.496 e. The summed E-state index contributed by atoms with van der Waals surface area (Å²) in [5.74, 6) is 1.54. The summed E-state index contributed by atoms with van der Waals surface area (Å²) in [6.45, 7) is 6.56. The minimum atomic E-state index is -0.0338. The summed E-state index contributed by atoms with van der Waals surface area (Å²) in [5.41, 5.74) is 4.09. The Hall–Kier alpha value is -2.49. The van der Waals surface area contributed by atoms with E-state index >= 15 is 0 Å². The van der Waals surface area contributed by atoms with E-state index in [1.807, 2.05) is 37.3 Å². The van der Waals surface area contributed by atoms with Crippen LogP contribution in [0.15, 0.2) is 42.5 Å². The van der Waals surface area contributed by atoms with Crippen LogP contribution in [0, 0.1) is 12.8 Å². The highest BCUT2D eigenvalue weighted by atomic mass is 16.5. The predicted molar refractivity (Wildman–Crippen MR) is 107 cm³/mol. The van der Waals surface area contributed by atoms with Gasteiger partial charge in [-0.05, 0) is 56.0 Å². The molecule has 1 aliphatic heterocycles. The van der Waals surface area contributed by atoms with E-state index in [4.69, 9.17) is 4.74 Å². The molecule has 1 saturated heterocycles. The third-order valence-corrected chi connectivity index (χ3v) is 5.09. The van der Waals surface area contributed by atoms with Crippen LogP contribution in [0.3, 0.4) is 0 Å². The van der Waals surface area contributed by atoms with Crippen LogP contribution in [0.2, 0.25) is 0 Å². The van der Waals surface area contributed by atoms with Crippen LogP contribution in [-0.2, 0) is 11.2 Å². The molecular formula is C22H28N2O2. The molecular weight excluding hydrogens is 324 g/mol. The number of piperidine rings is 1. The fraction of sp³-hybridized carbons (Fsp3) is 0.409. The molecule has 0 spiro atoms. The fourth-order valence-corrected chi connectivity index (χ4v) is 3.45. The number of methoxy groups -OCH3 is 1. The number of nitrogens with one attached hydrogen (secondary N) is 1. The Morgan fingerprint density at radius 3 is 2.50 bits per heavy atom. The summed E-state index contributed by atoms with van der Waals surface area (Å²) >= 11 is 0. The molecule has 0 aromatic heterocycles. The monoisotopic (exact) mass is 352 g/mol. The van der Waals surface area contributed by atoms with Gasteiger partial charge in [0.2, 0.25) is 5.91 Å². The topological polar surface area (TPSA) is 41.6 Å². The molecule has 1 N–H and O–H groups in total. The van der Waals surface area contributed by atoms with E-state index in [0.29, 0.717) is 6.42 Å². The first-order valence-corrected chi connectivity index (χ1v) is 9.33. The average Bonchev–Trinajstić information content (AvgIpc) is 2.63. The minimum absolute atomic E-state index is 0.0338. The Bertz CT molecular complexity index is 747. The quantitative estimate of drug-likeness (QED) is 0.866. The Balaban J connectivity index is 1.60. The van der Waals surface area contributed by atoms with Crippen molar-refractivity contribution in [1.82, 2.24) is 0 Å². The Labute approximate surface area is 156 Å². The molecule has 1 amide bonds. The van der Waals surface area contributed by atoms with Crippen molar-refractivity contribution in [3.8, 4) is 5.75 Å². The van der Waals surface area contributed by atoms with E-state index in [0.717, 1.165) is 41.6 Å². The van der Waals surface area contributed by atoms with Crippen LogP contribution in [-0.4, -0.2) is 26.1 Å². The average molecular weight is 352 g/mol. The molecule has 4 nitrogen and oxygen atoms in total. The molecule has 1 fully saturated rings. The summed E-state index contributed by atoms with van der Waals surface area (Å²) in [5, 5.41) is 2.99. The van der Waals surface area contributed by atoms with Crippen molar-refractivity contribution in [2.24, 2.45) is 5.92 Å². The first-order valence-electron chi connectivity index (χ1n) is 9.33. The van der Waals surface area contributed by atoms with Gasteiger partial charge in [-0.3, -0.25) is 4.79 Å². The highest BCUT2D eigenvalue weighted by Gasteiger charge is 2.16. The molecule has 0 atom stereocenters. The lowest BCUT2D eigenvalue weighted by atomic mass is 9.99. The number of carbonyl (C=O) groups is 1. The second-order valence-corrected chi connectivity index (χ2v) is 7.26. The SMILES string of the molecule is COc1ccc(C)cc1CC(=O)Nc1ccc(N2CCC(C)CC2)cc1. The van der Waals surface area contributed by atoms with E-state index in [2.05, 4.69) is 29.3 Å². The maximum Gasteiger partial charge on any atom is 0.228 e. The van der Waals surface area contributed by atoms with Gasteiger partial charge in [-0.2, -0.15) is 0 Å². The van der Waals surface area contributed by atoms with Crippen molar-refractivity contribution < 1.29 is 9.53 Å². The van der Waals surface area contributed by atoms with Crippen molar-refractivity contribution in [1.29, 1.82) is 0 Å². The van der Waals surface area contributed by atoms with E-state index < -0.39 is 0 Å².